The van der Waals surface area contributed by atoms with Crippen LogP contribution in [0, 0.1) is 5.41 Å². The third kappa shape index (κ3) is 2.51. The van der Waals surface area contributed by atoms with Crippen molar-refractivity contribution in [1.29, 1.82) is 0 Å². The molecule has 0 radical (unpaired) electrons. The van der Waals surface area contributed by atoms with Crippen LogP contribution < -0.4 is 0 Å². The number of hydrogen-bond donors (Lipinski definition) is 1. The highest BCUT2D eigenvalue weighted by molar-refractivity contribution is 5.98. The van der Waals surface area contributed by atoms with E-state index in [-0.39, 0.29) is 23.8 Å². The largest absolute Gasteiger partial charge is 0.391 e. The maximum atomic E-state index is 12.0. The minimum atomic E-state index is -0.583. The minimum Gasteiger partial charge on any atom is -0.391 e. The fourth-order valence-electron chi connectivity index (χ4n) is 3.06. The summed E-state index contributed by atoms with van der Waals surface area (Å²) in [5.74, 6) is -0.175. The molecule has 96 valence electrons. The van der Waals surface area contributed by atoms with Crippen molar-refractivity contribution in [1.82, 2.24) is 4.90 Å². The van der Waals surface area contributed by atoms with Gasteiger partial charge in [-0.05, 0) is 24.7 Å². The van der Waals surface area contributed by atoms with E-state index in [2.05, 4.69) is 0 Å². The maximum absolute atomic E-state index is 12.0. The molecule has 1 spiro atoms. The zero-order chi connectivity index (χ0) is 12.5. The molecule has 4 heteroatoms. The third-order valence-electron chi connectivity index (χ3n) is 4.18. The molecule has 4 nitrogen and oxygen atoms in total. The van der Waals surface area contributed by atoms with Crippen molar-refractivity contribution in [2.24, 2.45) is 5.41 Å². The first-order valence-electron chi connectivity index (χ1n) is 6.57. The van der Waals surface area contributed by atoms with Gasteiger partial charge in [0.05, 0.1) is 12.6 Å². The molecule has 0 bridgehead atoms. The molecule has 17 heavy (non-hydrogen) atoms. The number of aliphatic hydroxyl groups is 1. The summed E-state index contributed by atoms with van der Waals surface area (Å²) >= 11 is 0. The van der Waals surface area contributed by atoms with E-state index in [0.29, 0.717) is 19.3 Å². The van der Waals surface area contributed by atoms with E-state index in [9.17, 15) is 14.7 Å². The van der Waals surface area contributed by atoms with Crippen molar-refractivity contribution in [3.63, 3.8) is 0 Å². The van der Waals surface area contributed by atoms with Crippen LogP contribution in [0.2, 0.25) is 0 Å². The lowest BCUT2D eigenvalue weighted by molar-refractivity contribution is -0.155. The molecule has 0 aromatic rings. The van der Waals surface area contributed by atoms with Gasteiger partial charge in [-0.25, -0.2) is 0 Å². The average Bonchev–Trinajstić information content (AvgIpc) is 2.71. The number of hydrogen-bond acceptors (Lipinski definition) is 3. The summed E-state index contributed by atoms with van der Waals surface area (Å²) in [5, 5.41) is 9.56. The Hall–Kier alpha value is -0.900. The molecule has 2 amide bonds. The monoisotopic (exact) mass is 239 g/mol. The highest BCUT2D eigenvalue weighted by Gasteiger charge is 2.45. The minimum absolute atomic E-state index is 0.0398. The molecule has 1 saturated heterocycles. The predicted molar refractivity (Wildman–Crippen MR) is 63.2 cm³/mol. The van der Waals surface area contributed by atoms with Gasteiger partial charge >= 0.3 is 0 Å². The smallest absolute Gasteiger partial charge is 0.229 e. The Morgan fingerprint density at radius 1 is 1.24 bits per heavy atom. The van der Waals surface area contributed by atoms with Crippen molar-refractivity contribution < 1.29 is 14.7 Å². The summed E-state index contributed by atoms with van der Waals surface area (Å²) in [6.45, 7) is 2.02. The summed E-state index contributed by atoms with van der Waals surface area (Å²) in [4.78, 5) is 25.3. The zero-order valence-electron chi connectivity index (χ0n) is 10.4. The van der Waals surface area contributed by atoms with Crippen LogP contribution >= 0.6 is 0 Å². The van der Waals surface area contributed by atoms with Crippen LogP contribution in [0.5, 0.6) is 0 Å². The van der Waals surface area contributed by atoms with Gasteiger partial charge in [-0.15, -0.1) is 0 Å². The van der Waals surface area contributed by atoms with Crippen LogP contribution in [0.25, 0.3) is 0 Å². The molecule has 2 aliphatic rings. The van der Waals surface area contributed by atoms with Crippen molar-refractivity contribution in [2.75, 3.05) is 6.54 Å². The van der Waals surface area contributed by atoms with Gasteiger partial charge in [0.2, 0.25) is 11.8 Å². The Labute approximate surface area is 102 Å². The fraction of sp³-hybridized carbons (Fsp3) is 0.846. The Kier molecular flexibility index (Phi) is 3.52. The lowest BCUT2D eigenvalue weighted by Gasteiger charge is -2.37. The van der Waals surface area contributed by atoms with E-state index in [4.69, 9.17) is 0 Å². The Bertz CT molecular complexity index is 301. The number of likely N-dealkylation sites (tertiary alicyclic amines) is 1. The first-order valence-corrected chi connectivity index (χ1v) is 6.57. The number of carbonyl (C=O) groups is 2. The molecule has 1 aliphatic carbocycles. The zero-order valence-corrected chi connectivity index (χ0v) is 10.4. The Morgan fingerprint density at radius 2 is 1.76 bits per heavy atom. The van der Waals surface area contributed by atoms with Gasteiger partial charge in [-0.3, -0.25) is 14.5 Å². The third-order valence-corrected chi connectivity index (χ3v) is 4.18. The van der Waals surface area contributed by atoms with Crippen LogP contribution in [0.1, 0.15) is 51.9 Å². The van der Waals surface area contributed by atoms with Crippen molar-refractivity contribution in [3.05, 3.63) is 0 Å². The number of nitrogens with zero attached hydrogens (tertiary/aromatic N) is 1. The predicted octanol–water partition coefficient (Wildman–Crippen LogP) is 1.47. The van der Waals surface area contributed by atoms with E-state index >= 15 is 0 Å². The van der Waals surface area contributed by atoms with Gasteiger partial charge in [0.1, 0.15) is 0 Å². The lowest BCUT2D eigenvalue weighted by atomic mass is 9.76. The van der Waals surface area contributed by atoms with Crippen LogP contribution in [-0.2, 0) is 9.59 Å². The van der Waals surface area contributed by atoms with E-state index in [1.165, 1.54) is 4.90 Å². The first kappa shape index (κ1) is 12.6. The highest BCUT2D eigenvalue weighted by atomic mass is 16.3. The van der Waals surface area contributed by atoms with Gasteiger partial charge in [-0.2, -0.15) is 0 Å². The topological polar surface area (TPSA) is 57.6 Å². The number of carbonyl (C=O) groups excluding carboxylic acids is 2. The van der Waals surface area contributed by atoms with E-state index in [1.807, 2.05) is 6.92 Å². The second kappa shape index (κ2) is 4.77. The average molecular weight is 239 g/mol. The summed E-state index contributed by atoms with van der Waals surface area (Å²) < 4.78 is 0. The number of β-amino-alcohol motifs (C(OH)–C–C–N with tert-alkyl or cyclic N) is 1. The van der Waals surface area contributed by atoms with Crippen LogP contribution in [-0.4, -0.2) is 34.5 Å². The SMILES string of the molecule is CCC(O)CN1C(=O)CC2(CCCC2)CC1=O. The number of aliphatic hydroxyl groups excluding tert-OH is 1. The van der Waals surface area contributed by atoms with Crippen molar-refractivity contribution in [3.8, 4) is 0 Å². The number of rotatable bonds is 3. The van der Waals surface area contributed by atoms with Crippen LogP contribution in [0.4, 0.5) is 0 Å². The number of piperidine rings is 1. The molecule has 0 aromatic heterocycles. The highest BCUT2D eigenvalue weighted by Crippen LogP contribution is 2.46. The second-order valence-electron chi connectivity index (χ2n) is 5.52. The second-order valence-corrected chi connectivity index (χ2v) is 5.52. The normalized spacial score (nSPS) is 25.6. The maximum Gasteiger partial charge on any atom is 0.229 e. The van der Waals surface area contributed by atoms with Crippen LogP contribution in [0.3, 0.4) is 0 Å². The van der Waals surface area contributed by atoms with E-state index in [0.717, 1.165) is 25.7 Å². The van der Waals surface area contributed by atoms with Gasteiger partial charge in [-0.1, -0.05) is 19.8 Å². The quantitative estimate of drug-likeness (QED) is 0.759. The molecule has 1 aliphatic heterocycles. The van der Waals surface area contributed by atoms with Crippen molar-refractivity contribution in [2.45, 2.75) is 58.0 Å². The van der Waals surface area contributed by atoms with E-state index in [1.54, 1.807) is 0 Å². The Morgan fingerprint density at radius 3 is 2.24 bits per heavy atom. The van der Waals surface area contributed by atoms with Gasteiger partial charge in [0, 0.05) is 12.8 Å². The van der Waals surface area contributed by atoms with Gasteiger partial charge in [0.15, 0.2) is 0 Å². The molecule has 1 heterocycles. The molecule has 1 unspecified atom stereocenters. The molecular formula is C13H21NO3. The number of amides is 2. The summed E-state index contributed by atoms with van der Waals surface area (Å²) in [5.41, 5.74) is -0.0398. The van der Waals surface area contributed by atoms with Crippen LogP contribution in [0.15, 0.2) is 0 Å². The molecule has 2 fully saturated rings. The number of imide groups is 1. The first-order chi connectivity index (χ1) is 8.06. The fourth-order valence-corrected chi connectivity index (χ4v) is 3.06. The standard InChI is InChI=1S/C13H21NO3/c1-2-10(15)9-14-11(16)7-13(8-12(14)17)5-3-4-6-13/h10,15H,2-9H2,1H3. The van der Waals surface area contributed by atoms with Gasteiger partial charge in [0.25, 0.3) is 0 Å². The van der Waals surface area contributed by atoms with E-state index < -0.39 is 6.10 Å². The van der Waals surface area contributed by atoms with Crippen molar-refractivity contribution >= 4 is 11.8 Å². The molecule has 1 saturated carbocycles. The van der Waals surface area contributed by atoms with Gasteiger partial charge < -0.3 is 5.11 Å². The summed E-state index contributed by atoms with van der Waals surface area (Å²) in [6.07, 6.45) is 5.27. The lowest BCUT2D eigenvalue weighted by Crippen LogP contribution is -2.49. The summed E-state index contributed by atoms with van der Waals surface area (Å²) in [6, 6.07) is 0. The summed E-state index contributed by atoms with van der Waals surface area (Å²) in [7, 11) is 0. The Balaban J connectivity index is 2.03. The molecular weight excluding hydrogens is 218 g/mol. The molecule has 0 aromatic carbocycles. The molecule has 1 N–H and O–H groups in total. The molecule has 2 rings (SSSR count). The molecule has 1 atom stereocenters.